The predicted octanol–water partition coefficient (Wildman–Crippen LogP) is 4.97. The molecule has 0 atom stereocenters. The summed E-state index contributed by atoms with van der Waals surface area (Å²) in [6.45, 7) is 7.48. The van der Waals surface area contributed by atoms with Gasteiger partial charge in [0.2, 0.25) is 5.91 Å². The minimum absolute atomic E-state index is 0.0765. The van der Waals surface area contributed by atoms with Crippen LogP contribution < -0.4 is 5.32 Å². The first-order chi connectivity index (χ1) is 14.8. The summed E-state index contributed by atoms with van der Waals surface area (Å²) in [7, 11) is 0. The molecule has 166 valence electrons. The summed E-state index contributed by atoms with van der Waals surface area (Å²) in [5, 5.41) is 3.15. The Morgan fingerprint density at radius 2 is 1.48 bits per heavy atom. The summed E-state index contributed by atoms with van der Waals surface area (Å²) in [4.78, 5) is 26.6. The molecule has 0 unspecified atom stereocenters. The highest BCUT2D eigenvalue weighted by Crippen LogP contribution is 2.25. The molecule has 3 rings (SSSR count). The number of carbonyl (C=O) groups excluding carboxylic acids is 2. The van der Waals surface area contributed by atoms with Crippen LogP contribution in [-0.4, -0.2) is 42.1 Å². The molecule has 2 amide bonds. The maximum absolute atomic E-state index is 12.7. The van der Waals surface area contributed by atoms with Crippen molar-refractivity contribution in [1.82, 2.24) is 10.2 Å². The van der Waals surface area contributed by atoms with E-state index in [4.69, 9.17) is 4.74 Å². The Kier molecular flexibility index (Phi) is 7.72. The minimum atomic E-state index is -0.484. The van der Waals surface area contributed by atoms with Gasteiger partial charge in [0, 0.05) is 32.0 Å². The molecule has 2 aromatic carbocycles. The molecule has 0 radical (unpaired) electrons. The lowest BCUT2D eigenvalue weighted by Gasteiger charge is -2.33. The van der Waals surface area contributed by atoms with Gasteiger partial charge in [-0.05, 0) is 50.7 Å². The highest BCUT2D eigenvalue weighted by Gasteiger charge is 2.28. The van der Waals surface area contributed by atoms with Crippen molar-refractivity contribution in [3.63, 3.8) is 0 Å². The number of amides is 2. The van der Waals surface area contributed by atoms with Gasteiger partial charge in [0.1, 0.15) is 5.60 Å². The van der Waals surface area contributed by atoms with E-state index in [2.05, 4.69) is 29.6 Å². The van der Waals surface area contributed by atoms with E-state index in [9.17, 15) is 9.59 Å². The molecule has 2 aromatic rings. The summed E-state index contributed by atoms with van der Waals surface area (Å²) >= 11 is 0. The molecular weight excluding hydrogens is 388 g/mol. The molecule has 5 heteroatoms. The van der Waals surface area contributed by atoms with Crippen molar-refractivity contribution in [3.8, 4) is 0 Å². The largest absolute Gasteiger partial charge is 0.444 e. The molecule has 0 aromatic heterocycles. The van der Waals surface area contributed by atoms with Crippen LogP contribution in [0, 0.1) is 5.92 Å². The zero-order valence-corrected chi connectivity index (χ0v) is 18.8. The summed E-state index contributed by atoms with van der Waals surface area (Å²) in [6, 6.07) is 20.6. The van der Waals surface area contributed by atoms with Crippen LogP contribution in [0.5, 0.6) is 0 Å². The first kappa shape index (κ1) is 22.9. The summed E-state index contributed by atoms with van der Waals surface area (Å²) in [5.74, 6) is 0.499. The van der Waals surface area contributed by atoms with Crippen molar-refractivity contribution in [2.75, 3.05) is 19.6 Å². The lowest BCUT2D eigenvalue weighted by atomic mass is 9.90. The highest BCUT2D eigenvalue weighted by molar-refractivity contribution is 5.76. The fourth-order valence-corrected chi connectivity index (χ4v) is 4.00. The topological polar surface area (TPSA) is 58.6 Å². The van der Waals surface area contributed by atoms with E-state index in [0.717, 1.165) is 12.8 Å². The van der Waals surface area contributed by atoms with E-state index in [0.29, 0.717) is 32.0 Å². The second kappa shape index (κ2) is 10.5. The van der Waals surface area contributed by atoms with E-state index in [1.54, 1.807) is 4.90 Å². The standard InChI is InChI=1S/C26H34N2O3/c1-26(2,3)31-25(30)28-16-14-20(15-17-28)18-24(29)27-19-23(21-10-6-4-7-11-21)22-12-8-5-9-13-22/h4-13,20,23H,14-19H2,1-3H3,(H,27,29). The maximum Gasteiger partial charge on any atom is 0.410 e. The Morgan fingerprint density at radius 1 is 0.968 bits per heavy atom. The third-order valence-corrected chi connectivity index (χ3v) is 5.65. The van der Waals surface area contributed by atoms with Crippen molar-refractivity contribution in [3.05, 3.63) is 71.8 Å². The third-order valence-electron chi connectivity index (χ3n) is 5.65. The molecule has 31 heavy (non-hydrogen) atoms. The predicted molar refractivity (Wildman–Crippen MR) is 123 cm³/mol. The zero-order valence-electron chi connectivity index (χ0n) is 18.8. The first-order valence-electron chi connectivity index (χ1n) is 11.2. The van der Waals surface area contributed by atoms with Gasteiger partial charge in [-0.2, -0.15) is 0 Å². The van der Waals surface area contributed by atoms with Gasteiger partial charge in [-0.15, -0.1) is 0 Å². The smallest absolute Gasteiger partial charge is 0.410 e. The van der Waals surface area contributed by atoms with Gasteiger partial charge in [-0.25, -0.2) is 4.79 Å². The van der Waals surface area contributed by atoms with Crippen LogP contribution >= 0.6 is 0 Å². The van der Waals surface area contributed by atoms with Gasteiger partial charge < -0.3 is 15.0 Å². The van der Waals surface area contributed by atoms with Crippen LogP contribution in [0.3, 0.4) is 0 Å². The number of likely N-dealkylation sites (tertiary alicyclic amines) is 1. The lowest BCUT2D eigenvalue weighted by molar-refractivity contribution is -0.122. The number of hydrogen-bond acceptors (Lipinski definition) is 3. The van der Waals surface area contributed by atoms with Crippen molar-refractivity contribution < 1.29 is 14.3 Å². The minimum Gasteiger partial charge on any atom is -0.444 e. The van der Waals surface area contributed by atoms with Crippen LogP contribution in [0.25, 0.3) is 0 Å². The van der Waals surface area contributed by atoms with Gasteiger partial charge in [-0.3, -0.25) is 4.79 Å². The highest BCUT2D eigenvalue weighted by atomic mass is 16.6. The number of nitrogens with one attached hydrogen (secondary N) is 1. The van der Waals surface area contributed by atoms with Gasteiger partial charge in [-0.1, -0.05) is 60.7 Å². The number of carbonyl (C=O) groups is 2. The Labute approximate surface area is 185 Å². The lowest BCUT2D eigenvalue weighted by Crippen LogP contribution is -2.42. The molecule has 0 spiro atoms. The van der Waals surface area contributed by atoms with Crippen molar-refractivity contribution in [2.24, 2.45) is 5.92 Å². The third kappa shape index (κ3) is 7.12. The van der Waals surface area contributed by atoms with Crippen LogP contribution in [0.4, 0.5) is 4.79 Å². The number of hydrogen-bond donors (Lipinski definition) is 1. The van der Waals surface area contributed by atoms with Gasteiger partial charge in [0.25, 0.3) is 0 Å². The van der Waals surface area contributed by atoms with E-state index in [1.807, 2.05) is 57.2 Å². The average molecular weight is 423 g/mol. The van der Waals surface area contributed by atoms with E-state index in [-0.39, 0.29) is 17.9 Å². The zero-order chi connectivity index (χ0) is 22.3. The molecule has 1 fully saturated rings. The number of rotatable bonds is 6. The molecule has 0 bridgehead atoms. The molecule has 1 N–H and O–H groups in total. The fourth-order valence-electron chi connectivity index (χ4n) is 4.00. The summed E-state index contributed by atoms with van der Waals surface area (Å²) in [6.07, 6.45) is 1.89. The Bertz CT molecular complexity index is 798. The second-order valence-electron chi connectivity index (χ2n) is 9.29. The normalized spacial score (nSPS) is 15.0. The molecule has 1 saturated heterocycles. The molecule has 1 aliphatic heterocycles. The number of nitrogens with zero attached hydrogens (tertiary/aromatic N) is 1. The SMILES string of the molecule is CC(C)(C)OC(=O)N1CCC(CC(=O)NCC(c2ccccc2)c2ccccc2)CC1. The van der Waals surface area contributed by atoms with Crippen molar-refractivity contribution in [1.29, 1.82) is 0 Å². The quantitative estimate of drug-likeness (QED) is 0.715. The average Bonchev–Trinajstić information content (AvgIpc) is 2.75. The summed E-state index contributed by atoms with van der Waals surface area (Å²) in [5.41, 5.74) is 1.90. The molecule has 0 aliphatic carbocycles. The Morgan fingerprint density at radius 3 is 1.97 bits per heavy atom. The van der Waals surface area contributed by atoms with E-state index < -0.39 is 5.60 Å². The molecule has 5 nitrogen and oxygen atoms in total. The Balaban J connectivity index is 1.50. The van der Waals surface area contributed by atoms with Crippen molar-refractivity contribution in [2.45, 2.75) is 51.6 Å². The molecular formula is C26H34N2O3. The molecule has 0 saturated carbocycles. The van der Waals surface area contributed by atoms with E-state index >= 15 is 0 Å². The number of benzene rings is 2. The van der Waals surface area contributed by atoms with Crippen LogP contribution in [0.1, 0.15) is 57.1 Å². The first-order valence-corrected chi connectivity index (χ1v) is 11.2. The van der Waals surface area contributed by atoms with E-state index in [1.165, 1.54) is 11.1 Å². The number of ether oxygens (including phenoxy) is 1. The molecule has 1 aliphatic rings. The number of piperidine rings is 1. The second-order valence-corrected chi connectivity index (χ2v) is 9.29. The van der Waals surface area contributed by atoms with Crippen LogP contribution in [0.2, 0.25) is 0 Å². The van der Waals surface area contributed by atoms with Gasteiger partial charge in [0.05, 0.1) is 0 Å². The van der Waals surface area contributed by atoms with Crippen LogP contribution in [-0.2, 0) is 9.53 Å². The van der Waals surface area contributed by atoms with Crippen molar-refractivity contribution >= 4 is 12.0 Å². The van der Waals surface area contributed by atoms with Gasteiger partial charge >= 0.3 is 6.09 Å². The molecule has 1 heterocycles. The van der Waals surface area contributed by atoms with Crippen LogP contribution in [0.15, 0.2) is 60.7 Å². The van der Waals surface area contributed by atoms with Gasteiger partial charge in [0.15, 0.2) is 0 Å². The fraction of sp³-hybridized carbons (Fsp3) is 0.462. The monoisotopic (exact) mass is 422 g/mol. The Hall–Kier alpha value is -2.82. The summed E-state index contributed by atoms with van der Waals surface area (Å²) < 4.78 is 5.45. The maximum atomic E-state index is 12.7.